The Morgan fingerprint density at radius 2 is 1.92 bits per heavy atom. The lowest BCUT2D eigenvalue weighted by Gasteiger charge is -2.45. The molecule has 10 heteroatoms. The summed E-state index contributed by atoms with van der Waals surface area (Å²) in [5.74, 6) is -0.650. The summed E-state index contributed by atoms with van der Waals surface area (Å²) in [5.41, 5.74) is 16.3. The molecule has 1 aliphatic heterocycles. The summed E-state index contributed by atoms with van der Waals surface area (Å²) in [7, 11) is 0. The summed E-state index contributed by atoms with van der Waals surface area (Å²) in [4.78, 5) is 32.3. The minimum absolute atomic E-state index is 0.0962. The van der Waals surface area contributed by atoms with Gasteiger partial charge in [-0.1, -0.05) is 6.42 Å². The van der Waals surface area contributed by atoms with Crippen molar-refractivity contribution in [3.05, 3.63) is 33.9 Å². The van der Waals surface area contributed by atoms with E-state index in [1.54, 1.807) is 11.0 Å². The number of amides is 1. The smallest absolute Gasteiger partial charge is 0.284 e. The van der Waals surface area contributed by atoms with Crippen LogP contribution < -0.4 is 22.1 Å². The van der Waals surface area contributed by atoms with Gasteiger partial charge in [0.05, 0.1) is 10.6 Å². The number of benzene rings is 1. The molecule has 0 unspecified atom stereocenters. The van der Waals surface area contributed by atoms with Crippen LogP contribution in [0.25, 0.3) is 0 Å². The van der Waals surface area contributed by atoms with E-state index in [1.807, 2.05) is 0 Å². The van der Waals surface area contributed by atoms with Gasteiger partial charge >= 0.3 is 0 Å². The standard InChI is InChI=1S/C15H19N7O3/c16-12(23)10-5-4-9(8-11(10)22(24)25)21-14(18)19-13(17)20-15(21)6-2-1-3-7-15/h4-5,8H,1-3,6-7H2,(H2,16,23)(H4,17,18,19,20). The molecule has 10 nitrogen and oxygen atoms in total. The largest absolute Gasteiger partial charge is 0.369 e. The van der Waals surface area contributed by atoms with Crippen LogP contribution >= 0.6 is 0 Å². The first kappa shape index (κ1) is 16.7. The summed E-state index contributed by atoms with van der Waals surface area (Å²) in [6, 6.07) is 4.15. The highest BCUT2D eigenvalue weighted by molar-refractivity contribution is 6.06. The number of guanidine groups is 2. The lowest BCUT2D eigenvalue weighted by molar-refractivity contribution is -0.385. The molecule has 1 amide bonds. The molecular formula is C15H19N7O3. The van der Waals surface area contributed by atoms with Crippen LogP contribution in [0, 0.1) is 10.1 Å². The molecule has 132 valence electrons. The molecule has 6 N–H and O–H groups in total. The van der Waals surface area contributed by atoms with E-state index in [4.69, 9.17) is 17.2 Å². The van der Waals surface area contributed by atoms with Crippen molar-refractivity contribution >= 4 is 29.2 Å². The van der Waals surface area contributed by atoms with Crippen LogP contribution in [0.1, 0.15) is 42.5 Å². The maximum absolute atomic E-state index is 11.4. The van der Waals surface area contributed by atoms with E-state index < -0.39 is 16.5 Å². The molecule has 0 atom stereocenters. The van der Waals surface area contributed by atoms with E-state index in [0.717, 1.165) is 19.3 Å². The second-order valence-corrected chi connectivity index (χ2v) is 6.14. The first-order valence-electron chi connectivity index (χ1n) is 7.92. The number of nitrogens with zero attached hydrogens (tertiary/aromatic N) is 4. The molecule has 1 aromatic rings. The number of nitro benzene ring substituents is 1. The zero-order valence-electron chi connectivity index (χ0n) is 13.5. The Labute approximate surface area is 143 Å². The van der Waals surface area contributed by atoms with Crippen molar-refractivity contribution in [2.45, 2.75) is 37.8 Å². The molecule has 2 aliphatic rings. The number of carbonyl (C=O) groups excluding carboxylic acids is 1. The van der Waals surface area contributed by atoms with Crippen LogP contribution in [0.3, 0.4) is 0 Å². The Balaban J connectivity index is 2.13. The van der Waals surface area contributed by atoms with Crippen molar-refractivity contribution in [3.63, 3.8) is 0 Å². The third-order valence-electron chi connectivity index (χ3n) is 4.55. The van der Waals surface area contributed by atoms with Crippen molar-refractivity contribution < 1.29 is 9.72 Å². The molecule has 0 radical (unpaired) electrons. The maximum atomic E-state index is 11.4. The van der Waals surface area contributed by atoms with Crippen LogP contribution in [-0.2, 0) is 0 Å². The Morgan fingerprint density at radius 3 is 2.52 bits per heavy atom. The molecule has 25 heavy (non-hydrogen) atoms. The Hall–Kier alpha value is -3.17. The lowest BCUT2D eigenvalue weighted by Crippen LogP contribution is -2.58. The molecule has 1 heterocycles. The third-order valence-corrected chi connectivity index (χ3v) is 4.55. The molecule has 0 saturated heterocycles. The lowest BCUT2D eigenvalue weighted by atomic mass is 9.87. The summed E-state index contributed by atoms with van der Waals surface area (Å²) in [6.07, 6.45) is 4.34. The van der Waals surface area contributed by atoms with E-state index >= 15 is 0 Å². The maximum Gasteiger partial charge on any atom is 0.284 e. The number of aliphatic imine (C=N–C) groups is 2. The zero-order chi connectivity index (χ0) is 18.2. The summed E-state index contributed by atoms with van der Waals surface area (Å²) in [5, 5.41) is 11.3. The molecule has 1 fully saturated rings. The van der Waals surface area contributed by atoms with Crippen molar-refractivity contribution in [2.24, 2.45) is 27.2 Å². The number of carbonyl (C=O) groups is 1. The molecular weight excluding hydrogens is 326 g/mol. The van der Waals surface area contributed by atoms with Gasteiger partial charge in [-0.3, -0.25) is 19.8 Å². The van der Waals surface area contributed by atoms with Crippen molar-refractivity contribution in [3.8, 4) is 0 Å². The van der Waals surface area contributed by atoms with E-state index in [-0.39, 0.29) is 23.2 Å². The second kappa shape index (κ2) is 6.04. The molecule has 1 saturated carbocycles. The summed E-state index contributed by atoms with van der Waals surface area (Å²) >= 11 is 0. The quantitative estimate of drug-likeness (QED) is 0.541. The van der Waals surface area contributed by atoms with Crippen LogP contribution in [0.4, 0.5) is 11.4 Å². The number of primary amides is 1. The number of anilines is 1. The highest BCUT2D eigenvalue weighted by Gasteiger charge is 2.43. The Morgan fingerprint density at radius 1 is 1.24 bits per heavy atom. The Kier molecular flexibility index (Phi) is 4.03. The van der Waals surface area contributed by atoms with E-state index in [1.165, 1.54) is 12.1 Å². The minimum Gasteiger partial charge on any atom is -0.369 e. The fourth-order valence-corrected chi connectivity index (χ4v) is 3.51. The highest BCUT2D eigenvalue weighted by Crippen LogP contribution is 2.40. The zero-order valence-corrected chi connectivity index (χ0v) is 13.5. The average Bonchev–Trinajstić information content (AvgIpc) is 2.54. The number of nitrogens with two attached hydrogens (primary N) is 3. The monoisotopic (exact) mass is 345 g/mol. The normalized spacial score (nSPS) is 19.3. The van der Waals surface area contributed by atoms with Gasteiger partial charge < -0.3 is 17.2 Å². The highest BCUT2D eigenvalue weighted by atomic mass is 16.6. The van der Waals surface area contributed by atoms with Gasteiger partial charge in [0, 0.05) is 6.07 Å². The number of hydrogen-bond acceptors (Lipinski definition) is 8. The van der Waals surface area contributed by atoms with Crippen LogP contribution in [0.5, 0.6) is 0 Å². The van der Waals surface area contributed by atoms with Gasteiger partial charge in [-0.25, -0.2) is 4.99 Å². The van der Waals surface area contributed by atoms with Crippen LogP contribution in [0.15, 0.2) is 28.2 Å². The first-order chi connectivity index (χ1) is 11.8. The SMILES string of the molecule is NC(=O)c1ccc(N2C(N)=NC(N)=NC23CCCCC3)cc1[N+](=O)[O-]. The van der Waals surface area contributed by atoms with Gasteiger partial charge in [0.1, 0.15) is 11.2 Å². The van der Waals surface area contributed by atoms with Crippen molar-refractivity contribution in [2.75, 3.05) is 4.90 Å². The average molecular weight is 345 g/mol. The van der Waals surface area contributed by atoms with Gasteiger partial charge in [0.2, 0.25) is 11.9 Å². The summed E-state index contributed by atoms with van der Waals surface area (Å²) < 4.78 is 0. The van der Waals surface area contributed by atoms with Crippen LogP contribution in [-0.4, -0.2) is 28.4 Å². The van der Waals surface area contributed by atoms with Gasteiger partial charge in [0.15, 0.2) is 0 Å². The number of rotatable bonds is 3. The molecule has 0 aromatic heterocycles. The van der Waals surface area contributed by atoms with Crippen molar-refractivity contribution in [1.29, 1.82) is 0 Å². The fourth-order valence-electron chi connectivity index (χ4n) is 3.51. The van der Waals surface area contributed by atoms with Gasteiger partial charge in [0.25, 0.3) is 11.6 Å². The van der Waals surface area contributed by atoms with Gasteiger partial charge in [-0.15, -0.1) is 0 Å². The molecule has 3 rings (SSSR count). The topological polar surface area (TPSA) is 166 Å². The van der Waals surface area contributed by atoms with Gasteiger partial charge in [-0.05, 0) is 37.8 Å². The predicted molar refractivity (Wildman–Crippen MR) is 93.2 cm³/mol. The molecule has 0 bridgehead atoms. The fraction of sp³-hybridized carbons (Fsp3) is 0.400. The van der Waals surface area contributed by atoms with Gasteiger partial charge in [-0.2, -0.15) is 4.99 Å². The second-order valence-electron chi connectivity index (χ2n) is 6.14. The third kappa shape index (κ3) is 2.86. The van der Waals surface area contributed by atoms with E-state index in [0.29, 0.717) is 18.5 Å². The Bertz CT molecular complexity index is 796. The van der Waals surface area contributed by atoms with Crippen LogP contribution in [0.2, 0.25) is 0 Å². The van der Waals surface area contributed by atoms with E-state index in [2.05, 4.69) is 9.98 Å². The number of hydrogen-bond donors (Lipinski definition) is 3. The summed E-state index contributed by atoms with van der Waals surface area (Å²) in [6.45, 7) is 0. The predicted octanol–water partition coefficient (Wildman–Crippen LogP) is 0.804. The molecule has 1 spiro atoms. The molecule has 1 aromatic carbocycles. The number of nitro groups is 1. The minimum atomic E-state index is -0.867. The van der Waals surface area contributed by atoms with E-state index in [9.17, 15) is 14.9 Å². The first-order valence-corrected chi connectivity index (χ1v) is 7.92. The van der Waals surface area contributed by atoms with Crippen molar-refractivity contribution in [1.82, 2.24) is 0 Å². The molecule has 1 aliphatic carbocycles.